The zero-order chi connectivity index (χ0) is 13.6. The molecule has 0 saturated heterocycles. The number of methoxy groups -OCH3 is 1. The van der Waals surface area contributed by atoms with Crippen molar-refractivity contribution in [2.75, 3.05) is 7.11 Å². The van der Waals surface area contributed by atoms with Gasteiger partial charge >= 0.3 is 0 Å². The van der Waals surface area contributed by atoms with Crippen LogP contribution in [0.4, 0.5) is 0 Å². The van der Waals surface area contributed by atoms with Gasteiger partial charge in [0.05, 0.1) is 7.11 Å². The number of hydrogen-bond acceptors (Lipinski definition) is 2. The number of fused-ring (bicyclic) bond motifs is 3. The minimum Gasteiger partial charge on any atom is -0.496 e. The highest BCUT2D eigenvalue weighted by Crippen LogP contribution is 2.55. The molecule has 1 aromatic rings. The first-order valence-corrected chi connectivity index (χ1v) is 7.39. The van der Waals surface area contributed by atoms with Crippen molar-refractivity contribution in [3.05, 3.63) is 23.8 Å². The summed E-state index contributed by atoms with van der Waals surface area (Å²) in [6.45, 7) is 6.85. The standard InChI is InChI=1S/C17H24O2/c1-11-8-9-13-12(10-11)16-14(18-4)6-5-7-15(16)19-17(13,2)3/h5-7,11-13H,8-10H2,1-4H3/t11-,12-,13-/m0/s1. The summed E-state index contributed by atoms with van der Waals surface area (Å²) in [5, 5.41) is 0. The van der Waals surface area contributed by atoms with Crippen LogP contribution >= 0.6 is 0 Å². The highest BCUT2D eigenvalue weighted by Gasteiger charge is 2.46. The van der Waals surface area contributed by atoms with Crippen LogP contribution in [0.2, 0.25) is 0 Å². The lowest BCUT2D eigenvalue weighted by atomic mass is 9.64. The van der Waals surface area contributed by atoms with Gasteiger partial charge in [-0.1, -0.05) is 19.4 Å². The van der Waals surface area contributed by atoms with E-state index in [2.05, 4.69) is 32.9 Å². The van der Waals surface area contributed by atoms with Gasteiger partial charge in [-0.15, -0.1) is 0 Å². The molecule has 1 aliphatic heterocycles. The second kappa shape index (κ2) is 4.43. The highest BCUT2D eigenvalue weighted by atomic mass is 16.5. The van der Waals surface area contributed by atoms with Crippen LogP contribution in [0.25, 0.3) is 0 Å². The molecule has 2 aliphatic rings. The third-order valence-corrected chi connectivity index (χ3v) is 5.00. The van der Waals surface area contributed by atoms with E-state index in [1.54, 1.807) is 7.11 Å². The van der Waals surface area contributed by atoms with Crippen molar-refractivity contribution < 1.29 is 9.47 Å². The molecule has 0 unspecified atom stereocenters. The third-order valence-electron chi connectivity index (χ3n) is 5.00. The van der Waals surface area contributed by atoms with Crippen molar-refractivity contribution in [3.63, 3.8) is 0 Å². The second-order valence-electron chi connectivity index (χ2n) is 6.71. The van der Waals surface area contributed by atoms with Crippen LogP contribution in [0, 0.1) is 11.8 Å². The Morgan fingerprint density at radius 3 is 2.79 bits per heavy atom. The van der Waals surface area contributed by atoms with Gasteiger partial charge in [-0.25, -0.2) is 0 Å². The van der Waals surface area contributed by atoms with Crippen LogP contribution in [0.5, 0.6) is 11.5 Å². The van der Waals surface area contributed by atoms with Crippen LogP contribution in [0.1, 0.15) is 51.5 Å². The Morgan fingerprint density at radius 2 is 2.05 bits per heavy atom. The first-order chi connectivity index (χ1) is 9.03. The fourth-order valence-electron chi connectivity index (χ4n) is 4.05. The summed E-state index contributed by atoms with van der Waals surface area (Å²) in [7, 11) is 1.76. The van der Waals surface area contributed by atoms with E-state index in [0.29, 0.717) is 11.8 Å². The highest BCUT2D eigenvalue weighted by molar-refractivity contribution is 5.50. The quantitative estimate of drug-likeness (QED) is 0.745. The van der Waals surface area contributed by atoms with Crippen LogP contribution in [0.3, 0.4) is 0 Å². The minimum absolute atomic E-state index is 0.0653. The topological polar surface area (TPSA) is 18.5 Å². The molecule has 1 aliphatic carbocycles. The van der Waals surface area contributed by atoms with Crippen LogP contribution < -0.4 is 9.47 Å². The molecule has 1 aromatic carbocycles. The summed E-state index contributed by atoms with van der Waals surface area (Å²) in [6, 6.07) is 6.19. The molecule has 1 heterocycles. The minimum atomic E-state index is -0.0653. The molecule has 0 aromatic heterocycles. The van der Waals surface area contributed by atoms with E-state index in [9.17, 15) is 0 Å². The van der Waals surface area contributed by atoms with Gasteiger partial charge in [-0.2, -0.15) is 0 Å². The molecule has 1 fully saturated rings. The number of rotatable bonds is 1. The van der Waals surface area contributed by atoms with Gasteiger partial charge in [0, 0.05) is 11.5 Å². The molecule has 1 saturated carbocycles. The zero-order valence-electron chi connectivity index (χ0n) is 12.4. The van der Waals surface area contributed by atoms with E-state index in [1.807, 2.05) is 6.07 Å². The van der Waals surface area contributed by atoms with Crippen molar-refractivity contribution in [1.82, 2.24) is 0 Å². The Kier molecular flexibility index (Phi) is 2.99. The van der Waals surface area contributed by atoms with Gasteiger partial charge in [0.2, 0.25) is 0 Å². The maximum Gasteiger partial charge on any atom is 0.127 e. The predicted octanol–water partition coefficient (Wildman–Crippen LogP) is 4.39. The van der Waals surface area contributed by atoms with Crippen LogP contribution in [-0.4, -0.2) is 12.7 Å². The Bertz CT molecular complexity index is 478. The van der Waals surface area contributed by atoms with Crippen LogP contribution in [-0.2, 0) is 0 Å². The zero-order valence-corrected chi connectivity index (χ0v) is 12.4. The molecule has 2 heteroatoms. The summed E-state index contributed by atoms with van der Waals surface area (Å²) < 4.78 is 11.9. The SMILES string of the molecule is COc1cccc2c1[C@H]1C[C@@H](C)CC[C@@H]1C(C)(C)O2. The molecule has 104 valence electrons. The Hall–Kier alpha value is -1.18. The number of hydrogen-bond donors (Lipinski definition) is 0. The van der Waals surface area contributed by atoms with E-state index in [1.165, 1.54) is 24.8 Å². The van der Waals surface area contributed by atoms with Crippen molar-refractivity contribution in [3.8, 4) is 11.5 Å². The first-order valence-electron chi connectivity index (χ1n) is 7.39. The summed E-state index contributed by atoms with van der Waals surface area (Å²) in [4.78, 5) is 0. The largest absolute Gasteiger partial charge is 0.496 e. The number of ether oxygens (including phenoxy) is 2. The fraction of sp³-hybridized carbons (Fsp3) is 0.647. The van der Waals surface area contributed by atoms with Gasteiger partial charge in [0.25, 0.3) is 0 Å². The van der Waals surface area contributed by atoms with Crippen molar-refractivity contribution in [2.45, 2.75) is 51.6 Å². The average molecular weight is 260 g/mol. The normalized spacial score (nSPS) is 31.9. The molecule has 19 heavy (non-hydrogen) atoms. The number of benzene rings is 1. The first kappa shape index (κ1) is 12.8. The van der Waals surface area contributed by atoms with E-state index in [0.717, 1.165) is 17.4 Å². The van der Waals surface area contributed by atoms with Crippen LogP contribution in [0.15, 0.2) is 18.2 Å². The molecule has 0 bridgehead atoms. The van der Waals surface area contributed by atoms with Gasteiger partial charge < -0.3 is 9.47 Å². The predicted molar refractivity (Wildman–Crippen MR) is 76.9 cm³/mol. The van der Waals surface area contributed by atoms with E-state index >= 15 is 0 Å². The van der Waals surface area contributed by atoms with Gasteiger partial charge in [0.1, 0.15) is 17.1 Å². The summed E-state index contributed by atoms with van der Waals surface area (Å²) >= 11 is 0. The second-order valence-corrected chi connectivity index (χ2v) is 6.71. The molecule has 0 spiro atoms. The maximum absolute atomic E-state index is 6.29. The third kappa shape index (κ3) is 2.01. The van der Waals surface area contributed by atoms with Gasteiger partial charge in [-0.3, -0.25) is 0 Å². The summed E-state index contributed by atoms with van der Waals surface area (Å²) in [6.07, 6.45) is 3.83. The molecule has 3 rings (SSSR count). The Balaban J connectivity index is 2.11. The molecule has 3 atom stereocenters. The van der Waals surface area contributed by atoms with E-state index in [4.69, 9.17) is 9.47 Å². The molecule has 2 nitrogen and oxygen atoms in total. The molecular formula is C17H24O2. The van der Waals surface area contributed by atoms with E-state index in [-0.39, 0.29) is 5.60 Å². The van der Waals surface area contributed by atoms with Gasteiger partial charge in [-0.05, 0) is 50.7 Å². The van der Waals surface area contributed by atoms with Gasteiger partial charge in [0.15, 0.2) is 0 Å². The van der Waals surface area contributed by atoms with Crippen molar-refractivity contribution in [1.29, 1.82) is 0 Å². The average Bonchev–Trinajstić information content (AvgIpc) is 2.36. The molecule has 0 radical (unpaired) electrons. The Morgan fingerprint density at radius 1 is 1.26 bits per heavy atom. The molecular weight excluding hydrogens is 236 g/mol. The lowest BCUT2D eigenvalue weighted by molar-refractivity contribution is -0.0145. The maximum atomic E-state index is 6.29. The lowest BCUT2D eigenvalue weighted by Gasteiger charge is -2.49. The fourth-order valence-corrected chi connectivity index (χ4v) is 4.05. The summed E-state index contributed by atoms with van der Waals surface area (Å²) in [5.41, 5.74) is 1.24. The van der Waals surface area contributed by atoms with Crippen molar-refractivity contribution in [2.24, 2.45) is 11.8 Å². The van der Waals surface area contributed by atoms with Crippen molar-refractivity contribution >= 4 is 0 Å². The summed E-state index contributed by atoms with van der Waals surface area (Å²) in [5.74, 6) is 4.01. The molecule has 0 N–H and O–H groups in total. The monoisotopic (exact) mass is 260 g/mol. The smallest absolute Gasteiger partial charge is 0.127 e. The Labute approximate surface area is 116 Å². The van der Waals surface area contributed by atoms with E-state index < -0.39 is 0 Å². The lowest BCUT2D eigenvalue weighted by Crippen LogP contribution is -2.46. The molecule has 0 amide bonds.